The topological polar surface area (TPSA) is 77.5 Å². The fourth-order valence-corrected chi connectivity index (χ4v) is 2.21. The van der Waals surface area contributed by atoms with Gasteiger partial charge in [0.05, 0.1) is 18.5 Å². The third kappa shape index (κ3) is 3.21. The van der Waals surface area contributed by atoms with Crippen molar-refractivity contribution in [2.45, 2.75) is 13.5 Å². The van der Waals surface area contributed by atoms with E-state index in [2.05, 4.69) is 10.7 Å². The summed E-state index contributed by atoms with van der Waals surface area (Å²) in [5, 5.41) is 17.7. The maximum absolute atomic E-state index is 11.8. The molecule has 7 nitrogen and oxygen atoms in total. The van der Waals surface area contributed by atoms with Crippen molar-refractivity contribution >= 4 is 0 Å². The highest BCUT2D eigenvalue weighted by Gasteiger charge is 2.21. The van der Waals surface area contributed by atoms with Gasteiger partial charge in [-0.05, 0) is 11.6 Å². The Labute approximate surface area is 122 Å². The molecule has 2 heterocycles. The Morgan fingerprint density at radius 1 is 1.29 bits per heavy atom. The van der Waals surface area contributed by atoms with Gasteiger partial charge in [-0.15, -0.1) is 0 Å². The normalized spacial score (nSPS) is 16.2. The van der Waals surface area contributed by atoms with Crippen LogP contribution < -0.4 is 15.2 Å². The molecule has 1 aliphatic heterocycles. The van der Waals surface area contributed by atoms with E-state index in [-0.39, 0.29) is 0 Å². The summed E-state index contributed by atoms with van der Waals surface area (Å²) < 4.78 is 11.6. The summed E-state index contributed by atoms with van der Waals surface area (Å²) >= 11 is 0. The standard InChI is InChI=1S/C14H18N4O3/c1-11-2-4-12(5-3-11)18-13(14(19)21-16-18)10-15-17-6-8-20-9-7-17/h2-5,15H,6-10H2,1H3. The van der Waals surface area contributed by atoms with Crippen LogP contribution in [0.1, 0.15) is 11.3 Å². The molecule has 3 rings (SSSR count). The van der Waals surface area contributed by atoms with E-state index in [0.717, 1.165) is 24.3 Å². The lowest BCUT2D eigenvalue weighted by Crippen LogP contribution is -2.47. The number of aryl methyl sites for hydroxylation is 1. The first-order valence-electron chi connectivity index (χ1n) is 6.95. The highest BCUT2D eigenvalue weighted by atomic mass is 16.6. The van der Waals surface area contributed by atoms with Gasteiger partial charge < -0.3 is 14.4 Å². The Balaban J connectivity index is 1.75. The fourth-order valence-electron chi connectivity index (χ4n) is 2.21. The number of morpholine rings is 1. The number of hydrazine groups is 1. The van der Waals surface area contributed by atoms with Crippen molar-refractivity contribution in [1.29, 1.82) is 0 Å². The van der Waals surface area contributed by atoms with Crippen molar-refractivity contribution < 1.29 is 19.0 Å². The van der Waals surface area contributed by atoms with Gasteiger partial charge in [-0.25, -0.2) is 10.4 Å². The van der Waals surface area contributed by atoms with E-state index in [0.29, 0.717) is 25.5 Å². The van der Waals surface area contributed by atoms with Gasteiger partial charge in [0.25, 0.3) is 5.69 Å². The first-order chi connectivity index (χ1) is 10.2. The summed E-state index contributed by atoms with van der Waals surface area (Å²) in [5.41, 5.74) is 5.66. The lowest BCUT2D eigenvalue weighted by Gasteiger charge is -2.26. The highest BCUT2D eigenvalue weighted by Crippen LogP contribution is 2.11. The monoisotopic (exact) mass is 290 g/mol. The van der Waals surface area contributed by atoms with Crippen LogP contribution in [-0.4, -0.2) is 36.6 Å². The molecule has 1 saturated heterocycles. The van der Waals surface area contributed by atoms with E-state index in [1.807, 2.05) is 36.2 Å². The third-order valence-corrected chi connectivity index (χ3v) is 3.46. The van der Waals surface area contributed by atoms with Crippen LogP contribution >= 0.6 is 0 Å². The number of benzene rings is 1. The Hall–Kier alpha value is -1.96. The average Bonchev–Trinajstić information content (AvgIpc) is 2.88. The minimum absolute atomic E-state index is 0.371. The molecule has 0 aliphatic carbocycles. The molecule has 7 heteroatoms. The SMILES string of the molecule is Cc1ccc(-[n+]2noc([O-])c2CNN2CCOCC2)cc1. The summed E-state index contributed by atoms with van der Waals surface area (Å²) in [6.07, 6.45) is 0. The van der Waals surface area contributed by atoms with Gasteiger partial charge in [0, 0.05) is 25.2 Å². The van der Waals surface area contributed by atoms with Crippen molar-refractivity contribution in [1.82, 2.24) is 15.7 Å². The molecular formula is C14H18N4O3. The third-order valence-electron chi connectivity index (χ3n) is 3.46. The molecule has 0 bridgehead atoms. The number of nitrogens with one attached hydrogen (secondary N) is 1. The second-order valence-corrected chi connectivity index (χ2v) is 4.99. The van der Waals surface area contributed by atoms with E-state index in [9.17, 15) is 5.11 Å². The Morgan fingerprint density at radius 3 is 2.71 bits per heavy atom. The average molecular weight is 290 g/mol. The minimum atomic E-state index is -0.420. The number of ether oxygens (including phenoxy) is 1. The van der Waals surface area contributed by atoms with Crippen LogP contribution in [0, 0.1) is 6.92 Å². The van der Waals surface area contributed by atoms with E-state index >= 15 is 0 Å². The van der Waals surface area contributed by atoms with Crippen LogP contribution in [0.2, 0.25) is 0 Å². The molecule has 0 atom stereocenters. The van der Waals surface area contributed by atoms with Crippen LogP contribution in [0.3, 0.4) is 0 Å². The van der Waals surface area contributed by atoms with Crippen LogP contribution in [0.15, 0.2) is 28.8 Å². The number of aromatic nitrogens is 2. The van der Waals surface area contributed by atoms with Gasteiger partial charge in [0.1, 0.15) is 6.54 Å². The van der Waals surface area contributed by atoms with Crippen molar-refractivity contribution in [2.75, 3.05) is 26.3 Å². The number of rotatable bonds is 4. The van der Waals surface area contributed by atoms with Crippen LogP contribution in [0.4, 0.5) is 0 Å². The molecule has 0 radical (unpaired) electrons. The van der Waals surface area contributed by atoms with E-state index in [1.54, 1.807) is 0 Å². The largest absolute Gasteiger partial charge is 0.539 e. The predicted octanol–water partition coefficient (Wildman–Crippen LogP) is -0.330. The summed E-state index contributed by atoms with van der Waals surface area (Å²) in [6.45, 7) is 5.36. The zero-order chi connectivity index (χ0) is 14.7. The molecule has 21 heavy (non-hydrogen) atoms. The van der Waals surface area contributed by atoms with Crippen molar-refractivity contribution in [3.63, 3.8) is 0 Å². The minimum Gasteiger partial charge on any atom is -0.539 e. The molecule has 1 aliphatic rings. The summed E-state index contributed by atoms with van der Waals surface area (Å²) in [6, 6.07) is 7.77. The summed E-state index contributed by atoms with van der Waals surface area (Å²) in [4.78, 5) is 0. The van der Waals surface area contributed by atoms with Crippen LogP contribution in [0.5, 0.6) is 5.95 Å². The number of nitrogens with zero attached hydrogens (tertiary/aromatic N) is 3. The Bertz CT molecular complexity index is 591. The lowest BCUT2D eigenvalue weighted by molar-refractivity contribution is -0.678. The number of hydrogen-bond donors (Lipinski definition) is 1. The smallest absolute Gasteiger partial charge is 0.255 e. The predicted molar refractivity (Wildman–Crippen MR) is 71.4 cm³/mol. The van der Waals surface area contributed by atoms with E-state index in [1.165, 1.54) is 4.68 Å². The van der Waals surface area contributed by atoms with Crippen LogP contribution in [-0.2, 0) is 11.3 Å². The lowest BCUT2D eigenvalue weighted by atomic mass is 10.2. The molecule has 0 spiro atoms. The first-order valence-corrected chi connectivity index (χ1v) is 6.95. The Kier molecular flexibility index (Phi) is 4.14. The molecule has 1 fully saturated rings. The molecule has 1 aromatic carbocycles. The molecule has 0 unspecified atom stereocenters. The molecule has 1 N–H and O–H groups in total. The molecular weight excluding hydrogens is 272 g/mol. The van der Waals surface area contributed by atoms with Crippen molar-refractivity contribution in [2.24, 2.45) is 0 Å². The van der Waals surface area contributed by atoms with Gasteiger partial charge in [-0.2, -0.15) is 0 Å². The maximum atomic E-state index is 11.8. The molecule has 0 saturated carbocycles. The molecule has 1 aromatic heterocycles. The zero-order valence-corrected chi connectivity index (χ0v) is 11.9. The van der Waals surface area contributed by atoms with Crippen molar-refractivity contribution in [3.8, 4) is 11.6 Å². The van der Waals surface area contributed by atoms with Gasteiger partial charge in [-0.3, -0.25) is 0 Å². The van der Waals surface area contributed by atoms with Gasteiger partial charge in [-0.1, -0.05) is 17.7 Å². The van der Waals surface area contributed by atoms with Crippen molar-refractivity contribution in [3.05, 3.63) is 35.5 Å². The molecule has 0 amide bonds. The van der Waals surface area contributed by atoms with Gasteiger partial charge >= 0.3 is 0 Å². The second-order valence-electron chi connectivity index (χ2n) is 4.99. The van der Waals surface area contributed by atoms with Crippen LogP contribution in [0.25, 0.3) is 5.69 Å². The molecule has 2 aromatic rings. The fraction of sp³-hybridized carbons (Fsp3) is 0.429. The summed E-state index contributed by atoms with van der Waals surface area (Å²) in [5.74, 6) is -0.420. The van der Waals surface area contributed by atoms with E-state index in [4.69, 9.17) is 9.26 Å². The van der Waals surface area contributed by atoms with Gasteiger partial charge in [0.15, 0.2) is 5.95 Å². The quantitative estimate of drug-likeness (QED) is 0.777. The second kappa shape index (κ2) is 6.21. The molecule has 112 valence electrons. The van der Waals surface area contributed by atoms with E-state index < -0.39 is 5.95 Å². The summed E-state index contributed by atoms with van der Waals surface area (Å²) in [7, 11) is 0. The highest BCUT2D eigenvalue weighted by molar-refractivity contribution is 5.27. The van der Waals surface area contributed by atoms with Gasteiger partial charge in [0.2, 0.25) is 5.69 Å². The maximum Gasteiger partial charge on any atom is 0.255 e. The first kappa shape index (κ1) is 14.0. The Morgan fingerprint density at radius 2 is 2.00 bits per heavy atom. The number of hydrogen-bond acceptors (Lipinski definition) is 6. The zero-order valence-electron chi connectivity index (χ0n) is 11.9.